The molecule has 25 heavy (non-hydrogen) atoms. The van der Waals surface area contributed by atoms with Crippen LogP contribution in [0.3, 0.4) is 0 Å². The van der Waals surface area contributed by atoms with Crippen molar-refractivity contribution in [2.45, 2.75) is 58.3 Å². The SMILES string of the molecule is Cc1noc(C)c1CO[C@@H]1CCOC[C@@H]1NS(=O)(=O)N1CCCCC1. The van der Waals surface area contributed by atoms with Gasteiger partial charge in [0.2, 0.25) is 0 Å². The topological polar surface area (TPSA) is 93.9 Å². The Hall–Kier alpha value is -1.00. The van der Waals surface area contributed by atoms with Crippen LogP contribution in [0, 0.1) is 13.8 Å². The molecule has 1 aromatic heterocycles. The van der Waals surface area contributed by atoms with Crippen molar-refractivity contribution in [3.05, 3.63) is 17.0 Å². The Morgan fingerprint density at radius 1 is 1.28 bits per heavy atom. The summed E-state index contributed by atoms with van der Waals surface area (Å²) in [6.07, 6.45) is 3.32. The van der Waals surface area contributed by atoms with Gasteiger partial charge in [-0.1, -0.05) is 11.6 Å². The average molecular weight is 373 g/mol. The van der Waals surface area contributed by atoms with Gasteiger partial charge in [0.05, 0.1) is 31.1 Å². The van der Waals surface area contributed by atoms with E-state index in [9.17, 15) is 8.42 Å². The highest BCUT2D eigenvalue weighted by Crippen LogP contribution is 2.20. The molecule has 3 rings (SSSR count). The van der Waals surface area contributed by atoms with E-state index in [0.29, 0.717) is 39.3 Å². The molecule has 2 atom stereocenters. The molecule has 0 bridgehead atoms. The number of piperidine rings is 1. The Bertz CT molecular complexity index is 650. The first-order chi connectivity index (χ1) is 12.0. The van der Waals surface area contributed by atoms with Gasteiger partial charge in [-0.25, -0.2) is 0 Å². The van der Waals surface area contributed by atoms with Crippen LogP contribution in [0.5, 0.6) is 0 Å². The molecular weight excluding hydrogens is 346 g/mol. The maximum atomic E-state index is 12.6. The fraction of sp³-hybridized carbons (Fsp3) is 0.812. The zero-order valence-electron chi connectivity index (χ0n) is 14.9. The second-order valence-electron chi connectivity index (χ2n) is 6.70. The number of aryl methyl sites for hydroxylation is 2. The number of rotatable bonds is 6. The molecule has 0 aromatic carbocycles. The first kappa shape index (κ1) is 18.8. The van der Waals surface area contributed by atoms with Crippen molar-refractivity contribution in [3.63, 3.8) is 0 Å². The molecule has 2 saturated heterocycles. The Morgan fingerprint density at radius 3 is 2.72 bits per heavy atom. The molecule has 1 N–H and O–H groups in total. The lowest BCUT2D eigenvalue weighted by Gasteiger charge is -2.34. The highest BCUT2D eigenvalue weighted by Gasteiger charge is 2.33. The van der Waals surface area contributed by atoms with E-state index in [1.54, 1.807) is 0 Å². The minimum atomic E-state index is -3.51. The maximum absolute atomic E-state index is 12.6. The zero-order chi connectivity index (χ0) is 17.9. The summed E-state index contributed by atoms with van der Waals surface area (Å²) in [6.45, 7) is 6.11. The van der Waals surface area contributed by atoms with Crippen LogP contribution in [-0.2, 0) is 26.3 Å². The van der Waals surface area contributed by atoms with Crippen molar-refractivity contribution in [2.75, 3.05) is 26.3 Å². The number of aromatic nitrogens is 1. The molecule has 0 saturated carbocycles. The Morgan fingerprint density at radius 2 is 2.04 bits per heavy atom. The molecule has 3 heterocycles. The van der Waals surface area contributed by atoms with Gasteiger partial charge in [0, 0.05) is 25.3 Å². The van der Waals surface area contributed by atoms with Crippen LogP contribution < -0.4 is 4.72 Å². The highest BCUT2D eigenvalue weighted by molar-refractivity contribution is 7.87. The van der Waals surface area contributed by atoms with Crippen molar-refractivity contribution in [1.29, 1.82) is 0 Å². The summed E-state index contributed by atoms with van der Waals surface area (Å²) in [7, 11) is -3.51. The van der Waals surface area contributed by atoms with Crippen molar-refractivity contribution in [3.8, 4) is 0 Å². The molecule has 0 radical (unpaired) electrons. The summed E-state index contributed by atoms with van der Waals surface area (Å²) in [5, 5.41) is 3.92. The second-order valence-corrected chi connectivity index (χ2v) is 8.41. The number of nitrogens with zero attached hydrogens (tertiary/aromatic N) is 2. The number of hydrogen-bond acceptors (Lipinski definition) is 6. The monoisotopic (exact) mass is 373 g/mol. The lowest BCUT2D eigenvalue weighted by molar-refractivity contribution is -0.0578. The molecule has 0 aliphatic carbocycles. The fourth-order valence-corrected chi connectivity index (χ4v) is 4.79. The summed E-state index contributed by atoms with van der Waals surface area (Å²) in [5.41, 5.74) is 1.72. The van der Waals surface area contributed by atoms with Gasteiger partial charge >= 0.3 is 0 Å². The first-order valence-corrected chi connectivity index (χ1v) is 10.3. The molecule has 0 amide bonds. The van der Waals surface area contributed by atoms with Gasteiger partial charge in [0.25, 0.3) is 10.2 Å². The lowest BCUT2D eigenvalue weighted by Crippen LogP contribution is -2.55. The van der Waals surface area contributed by atoms with Crippen molar-refractivity contribution >= 4 is 10.2 Å². The predicted molar refractivity (Wildman–Crippen MR) is 91.3 cm³/mol. The van der Waals surface area contributed by atoms with Crippen molar-refractivity contribution in [1.82, 2.24) is 14.2 Å². The zero-order valence-corrected chi connectivity index (χ0v) is 15.7. The Labute approximate surface area is 149 Å². The van der Waals surface area contributed by atoms with E-state index in [2.05, 4.69) is 9.88 Å². The van der Waals surface area contributed by atoms with E-state index >= 15 is 0 Å². The molecule has 142 valence electrons. The third kappa shape index (κ3) is 4.59. The van der Waals surface area contributed by atoms with Gasteiger partial charge < -0.3 is 14.0 Å². The van der Waals surface area contributed by atoms with Gasteiger partial charge in [0.15, 0.2) is 0 Å². The van der Waals surface area contributed by atoms with E-state index in [4.69, 9.17) is 14.0 Å². The number of ether oxygens (including phenoxy) is 2. The predicted octanol–water partition coefficient (Wildman–Crippen LogP) is 1.29. The van der Waals surface area contributed by atoms with E-state index < -0.39 is 10.2 Å². The molecule has 0 spiro atoms. The summed E-state index contributed by atoms with van der Waals surface area (Å²) in [4.78, 5) is 0. The average Bonchev–Trinajstić information content (AvgIpc) is 2.93. The van der Waals surface area contributed by atoms with Crippen LogP contribution in [0.2, 0.25) is 0 Å². The van der Waals surface area contributed by atoms with Crippen LogP contribution in [0.15, 0.2) is 4.52 Å². The molecule has 0 unspecified atom stereocenters. The fourth-order valence-electron chi connectivity index (χ4n) is 3.30. The number of hydrogen-bond donors (Lipinski definition) is 1. The number of nitrogens with one attached hydrogen (secondary N) is 1. The van der Waals surface area contributed by atoms with Crippen LogP contribution in [0.25, 0.3) is 0 Å². The molecule has 2 aliphatic heterocycles. The normalized spacial score (nSPS) is 26.0. The van der Waals surface area contributed by atoms with Crippen LogP contribution in [0.4, 0.5) is 0 Å². The third-order valence-corrected chi connectivity index (χ3v) is 6.52. The summed E-state index contributed by atoms with van der Waals surface area (Å²) >= 11 is 0. The van der Waals surface area contributed by atoms with Crippen molar-refractivity contribution in [2.24, 2.45) is 0 Å². The van der Waals surface area contributed by atoms with Gasteiger partial charge in [-0.15, -0.1) is 0 Å². The molecule has 8 nitrogen and oxygen atoms in total. The van der Waals surface area contributed by atoms with Gasteiger partial charge in [0.1, 0.15) is 5.76 Å². The van der Waals surface area contributed by atoms with Crippen LogP contribution in [-0.4, -0.2) is 56.3 Å². The molecule has 9 heteroatoms. The van der Waals surface area contributed by atoms with Gasteiger partial charge in [-0.05, 0) is 33.1 Å². The lowest BCUT2D eigenvalue weighted by atomic mass is 10.1. The smallest absolute Gasteiger partial charge is 0.279 e. The minimum Gasteiger partial charge on any atom is -0.380 e. The molecular formula is C16H27N3O5S. The van der Waals surface area contributed by atoms with E-state index in [1.165, 1.54) is 4.31 Å². The van der Waals surface area contributed by atoms with E-state index in [0.717, 1.165) is 36.3 Å². The standard InChI is InChI=1S/C16H27N3O5S/c1-12-14(13(2)24-17-12)10-23-16-6-9-22-11-15(16)18-25(20,21)19-7-4-3-5-8-19/h15-16,18H,3-11H2,1-2H3/t15-,16+/m0/s1. The largest absolute Gasteiger partial charge is 0.380 e. The van der Waals surface area contributed by atoms with Gasteiger partial charge in [-0.2, -0.15) is 17.4 Å². The third-order valence-electron chi connectivity index (χ3n) is 4.87. The van der Waals surface area contributed by atoms with Crippen LogP contribution in [0.1, 0.15) is 42.7 Å². The highest BCUT2D eigenvalue weighted by atomic mass is 32.2. The van der Waals surface area contributed by atoms with Crippen molar-refractivity contribution < 1.29 is 22.4 Å². The summed E-state index contributed by atoms with van der Waals surface area (Å²) < 4.78 is 46.2. The first-order valence-electron chi connectivity index (χ1n) is 8.86. The van der Waals surface area contributed by atoms with E-state index in [-0.39, 0.29) is 12.1 Å². The maximum Gasteiger partial charge on any atom is 0.279 e. The summed E-state index contributed by atoms with van der Waals surface area (Å²) in [6, 6.07) is -0.388. The van der Waals surface area contributed by atoms with Crippen LogP contribution >= 0.6 is 0 Å². The summed E-state index contributed by atoms with van der Waals surface area (Å²) in [5.74, 6) is 0.731. The minimum absolute atomic E-state index is 0.234. The Balaban J connectivity index is 1.62. The molecule has 2 aliphatic rings. The quantitative estimate of drug-likeness (QED) is 0.807. The van der Waals surface area contributed by atoms with Gasteiger partial charge in [-0.3, -0.25) is 0 Å². The Kier molecular flexibility index (Phi) is 6.11. The van der Waals surface area contributed by atoms with E-state index in [1.807, 2.05) is 13.8 Å². The second kappa shape index (κ2) is 8.13. The molecule has 2 fully saturated rings. The molecule has 1 aromatic rings.